The van der Waals surface area contributed by atoms with E-state index >= 15 is 0 Å². The van der Waals surface area contributed by atoms with E-state index in [1.165, 1.54) is 5.56 Å². The quantitative estimate of drug-likeness (QED) is 0.732. The van der Waals surface area contributed by atoms with Gasteiger partial charge in [0.25, 0.3) is 0 Å². The van der Waals surface area contributed by atoms with E-state index in [9.17, 15) is 0 Å². The zero-order chi connectivity index (χ0) is 17.3. The van der Waals surface area contributed by atoms with Crippen molar-refractivity contribution in [3.8, 4) is 5.75 Å². The standard InChI is InChI=1S/C20H25ClN2O2/c21-19-7-5-17(6-8-19)16-25-20-4-2-1-3-18(20)15-22-9-10-23-11-13-24-14-12-23/h1-8,22H,9-16H2. The minimum Gasteiger partial charge on any atom is -0.489 e. The minimum absolute atomic E-state index is 0.544. The first-order valence-corrected chi connectivity index (χ1v) is 9.15. The molecule has 1 N–H and O–H groups in total. The topological polar surface area (TPSA) is 33.7 Å². The molecule has 0 aliphatic carbocycles. The average molecular weight is 361 g/mol. The van der Waals surface area contributed by atoms with Gasteiger partial charge in [0.15, 0.2) is 0 Å². The van der Waals surface area contributed by atoms with Gasteiger partial charge in [-0.25, -0.2) is 0 Å². The number of nitrogens with zero attached hydrogens (tertiary/aromatic N) is 1. The molecular formula is C20H25ClN2O2. The Hall–Kier alpha value is -1.59. The van der Waals surface area contributed by atoms with Crippen LogP contribution in [-0.2, 0) is 17.9 Å². The lowest BCUT2D eigenvalue weighted by Crippen LogP contribution is -2.40. The number of benzene rings is 2. The van der Waals surface area contributed by atoms with Crippen molar-refractivity contribution in [3.05, 3.63) is 64.7 Å². The van der Waals surface area contributed by atoms with Gasteiger partial charge in [-0.1, -0.05) is 41.9 Å². The van der Waals surface area contributed by atoms with Crippen molar-refractivity contribution < 1.29 is 9.47 Å². The first kappa shape index (κ1) is 18.2. The second kappa shape index (κ2) is 9.78. The number of hydrogen-bond donors (Lipinski definition) is 1. The molecule has 0 unspecified atom stereocenters. The molecule has 0 amide bonds. The number of rotatable bonds is 8. The summed E-state index contributed by atoms with van der Waals surface area (Å²) in [6.07, 6.45) is 0. The molecule has 25 heavy (non-hydrogen) atoms. The van der Waals surface area contributed by atoms with Crippen molar-refractivity contribution >= 4 is 11.6 Å². The van der Waals surface area contributed by atoms with Gasteiger partial charge in [-0.05, 0) is 23.8 Å². The summed E-state index contributed by atoms with van der Waals surface area (Å²) in [5.74, 6) is 0.927. The van der Waals surface area contributed by atoms with Gasteiger partial charge >= 0.3 is 0 Å². The fourth-order valence-electron chi connectivity index (χ4n) is 2.82. The Labute approximate surface area is 154 Å². The third-order valence-electron chi connectivity index (χ3n) is 4.30. The van der Waals surface area contributed by atoms with E-state index in [0.717, 1.165) is 62.3 Å². The van der Waals surface area contributed by atoms with Crippen LogP contribution in [0.4, 0.5) is 0 Å². The van der Waals surface area contributed by atoms with Crippen LogP contribution in [0.15, 0.2) is 48.5 Å². The molecule has 134 valence electrons. The fraction of sp³-hybridized carbons (Fsp3) is 0.400. The Morgan fingerprint density at radius 2 is 1.80 bits per heavy atom. The fourth-order valence-corrected chi connectivity index (χ4v) is 2.94. The third-order valence-corrected chi connectivity index (χ3v) is 4.56. The van der Waals surface area contributed by atoms with Crippen LogP contribution >= 0.6 is 11.6 Å². The maximum atomic E-state index is 6.00. The SMILES string of the molecule is Clc1ccc(COc2ccccc2CNCCN2CCOCC2)cc1. The number of para-hydroxylation sites is 1. The van der Waals surface area contributed by atoms with E-state index in [1.54, 1.807) is 0 Å². The molecule has 3 rings (SSSR count). The van der Waals surface area contributed by atoms with Crippen molar-refractivity contribution in [1.82, 2.24) is 10.2 Å². The highest BCUT2D eigenvalue weighted by Crippen LogP contribution is 2.19. The highest BCUT2D eigenvalue weighted by molar-refractivity contribution is 6.30. The molecule has 1 aliphatic heterocycles. The molecule has 0 radical (unpaired) electrons. The Morgan fingerprint density at radius 3 is 2.60 bits per heavy atom. The van der Waals surface area contributed by atoms with Gasteiger partial charge in [0, 0.05) is 43.3 Å². The van der Waals surface area contributed by atoms with Gasteiger partial charge in [0.05, 0.1) is 13.2 Å². The summed E-state index contributed by atoms with van der Waals surface area (Å²) in [6.45, 7) is 7.12. The van der Waals surface area contributed by atoms with Crippen molar-refractivity contribution in [3.63, 3.8) is 0 Å². The molecular weight excluding hydrogens is 336 g/mol. The number of hydrogen-bond acceptors (Lipinski definition) is 4. The van der Waals surface area contributed by atoms with Gasteiger partial charge < -0.3 is 14.8 Å². The van der Waals surface area contributed by atoms with Crippen LogP contribution in [-0.4, -0.2) is 44.3 Å². The summed E-state index contributed by atoms with van der Waals surface area (Å²) in [7, 11) is 0. The highest BCUT2D eigenvalue weighted by Gasteiger charge is 2.09. The summed E-state index contributed by atoms with van der Waals surface area (Å²) in [5, 5.41) is 4.26. The van der Waals surface area contributed by atoms with E-state index in [2.05, 4.69) is 16.3 Å². The second-order valence-corrected chi connectivity index (χ2v) is 6.59. The molecule has 5 heteroatoms. The van der Waals surface area contributed by atoms with Crippen molar-refractivity contribution in [2.24, 2.45) is 0 Å². The van der Waals surface area contributed by atoms with Crippen LogP contribution in [0, 0.1) is 0 Å². The lowest BCUT2D eigenvalue weighted by atomic mass is 10.2. The van der Waals surface area contributed by atoms with Crippen LogP contribution in [0.2, 0.25) is 5.02 Å². The number of ether oxygens (including phenoxy) is 2. The lowest BCUT2D eigenvalue weighted by Gasteiger charge is -2.26. The molecule has 0 saturated carbocycles. The van der Waals surface area contributed by atoms with Crippen LogP contribution in [0.5, 0.6) is 5.75 Å². The molecule has 1 heterocycles. The van der Waals surface area contributed by atoms with E-state index < -0.39 is 0 Å². The molecule has 1 fully saturated rings. The molecule has 1 aliphatic rings. The summed E-state index contributed by atoms with van der Waals surface area (Å²) in [6, 6.07) is 16.0. The lowest BCUT2D eigenvalue weighted by molar-refractivity contribution is 0.0384. The van der Waals surface area contributed by atoms with Crippen LogP contribution in [0.1, 0.15) is 11.1 Å². The van der Waals surface area contributed by atoms with E-state index in [0.29, 0.717) is 6.61 Å². The van der Waals surface area contributed by atoms with Crippen molar-refractivity contribution in [2.75, 3.05) is 39.4 Å². The van der Waals surface area contributed by atoms with Crippen LogP contribution in [0.25, 0.3) is 0 Å². The van der Waals surface area contributed by atoms with Gasteiger partial charge in [-0.2, -0.15) is 0 Å². The zero-order valence-electron chi connectivity index (χ0n) is 14.4. The molecule has 0 aromatic heterocycles. The average Bonchev–Trinajstić information content (AvgIpc) is 2.66. The first-order valence-electron chi connectivity index (χ1n) is 8.77. The maximum absolute atomic E-state index is 6.00. The molecule has 2 aromatic rings. The molecule has 0 spiro atoms. The van der Waals surface area contributed by atoms with E-state index in [-0.39, 0.29) is 0 Å². The monoisotopic (exact) mass is 360 g/mol. The van der Waals surface area contributed by atoms with Crippen LogP contribution in [0.3, 0.4) is 0 Å². The molecule has 0 bridgehead atoms. The molecule has 1 saturated heterocycles. The predicted molar refractivity (Wildman–Crippen MR) is 101 cm³/mol. The summed E-state index contributed by atoms with van der Waals surface area (Å²) >= 11 is 5.92. The molecule has 2 aromatic carbocycles. The summed E-state index contributed by atoms with van der Waals surface area (Å²) in [4.78, 5) is 2.43. The van der Waals surface area contributed by atoms with Gasteiger partial charge in [0.1, 0.15) is 12.4 Å². The smallest absolute Gasteiger partial charge is 0.124 e. The van der Waals surface area contributed by atoms with Crippen LogP contribution < -0.4 is 10.1 Å². The third kappa shape index (κ3) is 6.01. The zero-order valence-corrected chi connectivity index (χ0v) is 15.2. The molecule has 0 atom stereocenters. The Balaban J connectivity index is 1.45. The normalized spacial score (nSPS) is 15.2. The first-order chi connectivity index (χ1) is 12.3. The van der Waals surface area contributed by atoms with E-state index in [1.807, 2.05) is 42.5 Å². The van der Waals surface area contributed by atoms with Gasteiger partial charge in [0.2, 0.25) is 0 Å². The Morgan fingerprint density at radius 1 is 1.04 bits per heavy atom. The predicted octanol–water partition coefficient (Wildman–Crippen LogP) is 3.34. The number of morpholine rings is 1. The minimum atomic E-state index is 0.544. The van der Waals surface area contributed by atoms with Crippen molar-refractivity contribution in [2.45, 2.75) is 13.2 Å². The highest BCUT2D eigenvalue weighted by atomic mass is 35.5. The summed E-state index contributed by atoms with van der Waals surface area (Å²) < 4.78 is 11.4. The number of halogens is 1. The van der Waals surface area contributed by atoms with Gasteiger partial charge in [-0.3, -0.25) is 4.90 Å². The van der Waals surface area contributed by atoms with Crippen molar-refractivity contribution in [1.29, 1.82) is 0 Å². The Bertz CT molecular complexity index is 642. The Kier molecular flexibility index (Phi) is 7.12. The molecule has 4 nitrogen and oxygen atoms in total. The summed E-state index contributed by atoms with van der Waals surface area (Å²) in [5.41, 5.74) is 2.29. The second-order valence-electron chi connectivity index (χ2n) is 6.15. The van der Waals surface area contributed by atoms with Gasteiger partial charge in [-0.15, -0.1) is 0 Å². The number of nitrogens with one attached hydrogen (secondary N) is 1. The largest absolute Gasteiger partial charge is 0.489 e. The maximum Gasteiger partial charge on any atom is 0.124 e. The van der Waals surface area contributed by atoms with E-state index in [4.69, 9.17) is 21.1 Å².